The van der Waals surface area contributed by atoms with E-state index in [1.807, 2.05) is 24.3 Å². The number of amides is 3. The van der Waals surface area contributed by atoms with Gasteiger partial charge in [-0.25, -0.2) is 15.2 Å². The monoisotopic (exact) mass is 316 g/mol. The highest BCUT2D eigenvalue weighted by molar-refractivity contribution is 7.21. The molecule has 0 spiro atoms. The molecule has 1 aromatic carbocycles. The molecule has 22 heavy (non-hydrogen) atoms. The highest BCUT2D eigenvalue weighted by Crippen LogP contribution is 2.30. The maximum Gasteiger partial charge on any atom is 0.333 e. The van der Waals surface area contributed by atoms with Crippen molar-refractivity contribution in [1.29, 1.82) is 0 Å². The first-order chi connectivity index (χ1) is 10.7. The maximum atomic E-state index is 11.8. The van der Waals surface area contributed by atoms with Crippen molar-refractivity contribution in [3.05, 3.63) is 42.2 Å². The quantitative estimate of drug-likeness (QED) is 0.631. The summed E-state index contributed by atoms with van der Waals surface area (Å²) in [6.45, 7) is 0. The number of para-hydroxylation sites is 1. The lowest BCUT2D eigenvalue weighted by atomic mass is 10.3. The minimum atomic E-state index is -0.545. The van der Waals surface area contributed by atoms with Gasteiger partial charge in [0.05, 0.1) is 10.2 Å². The Morgan fingerprint density at radius 3 is 2.73 bits per heavy atom. The van der Waals surface area contributed by atoms with Crippen LogP contribution < -0.4 is 16.2 Å². The van der Waals surface area contributed by atoms with Crippen LogP contribution in [0.3, 0.4) is 0 Å². The van der Waals surface area contributed by atoms with Crippen molar-refractivity contribution in [2.24, 2.45) is 0 Å². The zero-order chi connectivity index (χ0) is 15.5. The first-order valence-corrected chi connectivity index (χ1v) is 7.23. The molecule has 3 aromatic rings. The number of hydrogen-bond donors (Lipinski definition) is 3. The molecular weight excluding hydrogens is 304 g/mol. The number of carbonyl (C=O) groups is 2. The Morgan fingerprint density at radius 1 is 1.14 bits per heavy atom. The SMILES string of the molecule is CNC(=O)NNC(=O)c1ccc(-c2nc3ccccc3s2)o1. The number of carbonyl (C=O) groups excluding carboxylic acids is 2. The van der Waals surface area contributed by atoms with Gasteiger partial charge in [-0.1, -0.05) is 12.1 Å². The fraction of sp³-hybridized carbons (Fsp3) is 0.0714. The first kappa shape index (κ1) is 14.1. The molecule has 3 amide bonds. The summed E-state index contributed by atoms with van der Waals surface area (Å²) >= 11 is 1.48. The standard InChI is InChI=1S/C14H12N4O3S/c1-15-14(20)18-17-12(19)9-6-7-10(21-9)13-16-8-4-2-3-5-11(8)22-13/h2-7H,1H3,(H,17,19)(H2,15,18,20). The van der Waals surface area contributed by atoms with Crippen LogP contribution in [0.4, 0.5) is 4.79 Å². The van der Waals surface area contributed by atoms with Gasteiger partial charge in [0, 0.05) is 7.05 Å². The predicted molar refractivity (Wildman–Crippen MR) is 82.4 cm³/mol. The molecule has 0 fully saturated rings. The smallest absolute Gasteiger partial charge is 0.333 e. The summed E-state index contributed by atoms with van der Waals surface area (Å²) in [5.41, 5.74) is 5.29. The van der Waals surface area contributed by atoms with Gasteiger partial charge in [0.25, 0.3) is 0 Å². The molecule has 0 radical (unpaired) electrons. The number of fused-ring (bicyclic) bond motifs is 1. The Hall–Kier alpha value is -2.87. The van der Waals surface area contributed by atoms with Crippen LogP contribution in [-0.2, 0) is 0 Å². The number of hydrazine groups is 1. The van der Waals surface area contributed by atoms with Crippen molar-refractivity contribution in [2.45, 2.75) is 0 Å². The van der Waals surface area contributed by atoms with E-state index in [2.05, 4.69) is 21.2 Å². The van der Waals surface area contributed by atoms with Crippen LogP contribution in [0.1, 0.15) is 10.6 Å². The van der Waals surface area contributed by atoms with Crippen molar-refractivity contribution < 1.29 is 14.0 Å². The lowest BCUT2D eigenvalue weighted by Crippen LogP contribution is -2.45. The lowest BCUT2D eigenvalue weighted by Gasteiger charge is -2.04. The Bertz CT molecular complexity index is 806. The molecule has 0 bridgehead atoms. The van der Waals surface area contributed by atoms with Crippen LogP contribution in [0, 0.1) is 0 Å². The highest BCUT2D eigenvalue weighted by atomic mass is 32.1. The van der Waals surface area contributed by atoms with E-state index in [4.69, 9.17) is 4.42 Å². The van der Waals surface area contributed by atoms with Gasteiger partial charge >= 0.3 is 11.9 Å². The molecule has 2 aromatic heterocycles. The number of thiazole rings is 1. The highest BCUT2D eigenvalue weighted by Gasteiger charge is 2.15. The summed E-state index contributed by atoms with van der Waals surface area (Å²) in [7, 11) is 1.44. The molecule has 2 heterocycles. The predicted octanol–water partition coefficient (Wildman–Crippen LogP) is 2.13. The summed E-state index contributed by atoms with van der Waals surface area (Å²) in [4.78, 5) is 27.3. The van der Waals surface area contributed by atoms with Crippen molar-refractivity contribution in [3.8, 4) is 10.8 Å². The second-order valence-corrected chi connectivity index (χ2v) is 5.34. The van der Waals surface area contributed by atoms with Gasteiger partial charge < -0.3 is 9.73 Å². The van der Waals surface area contributed by atoms with Crippen molar-refractivity contribution in [3.63, 3.8) is 0 Å². The number of benzene rings is 1. The van der Waals surface area contributed by atoms with Crippen molar-refractivity contribution in [1.82, 2.24) is 21.2 Å². The van der Waals surface area contributed by atoms with Gasteiger partial charge in [0.15, 0.2) is 16.5 Å². The molecule has 0 unspecified atom stereocenters. The second-order valence-electron chi connectivity index (χ2n) is 4.31. The number of urea groups is 1. The zero-order valence-corrected chi connectivity index (χ0v) is 12.4. The van der Waals surface area contributed by atoms with Crippen LogP contribution in [-0.4, -0.2) is 24.0 Å². The average molecular weight is 316 g/mol. The molecule has 0 aliphatic carbocycles. The summed E-state index contributed by atoms with van der Waals surface area (Å²) in [5.74, 6) is 0.0490. The van der Waals surface area contributed by atoms with Gasteiger partial charge in [-0.3, -0.25) is 10.2 Å². The van der Waals surface area contributed by atoms with E-state index in [0.717, 1.165) is 10.2 Å². The van der Waals surface area contributed by atoms with E-state index < -0.39 is 11.9 Å². The number of furan rings is 1. The molecule has 8 heteroatoms. The van der Waals surface area contributed by atoms with E-state index in [1.54, 1.807) is 6.07 Å². The number of aromatic nitrogens is 1. The Balaban J connectivity index is 1.78. The molecule has 3 rings (SSSR count). The minimum absolute atomic E-state index is 0.0886. The molecule has 7 nitrogen and oxygen atoms in total. The molecule has 112 valence electrons. The molecule has 0 saturated carbocycles. The van der Waals surface area contributed by atoms with E-state index in [-0.39, 0.29) is 5.76 Å². The maximum absolute atomic E-state index is 11.8. The lowest BCUT2D eigenvalue weighted by molar-refractivity contribution is 0.0909. The summed E-state index contributed by atoms with van der Waals surface area (Å²) in [5, 5.41) is 3.01. The van der Waals surface area contributed by atoms with E-state index in [9.17, 15) is 9.59 Å². The number of rotatable bonds is 2. The van der Waals surface area contributed by atoms with Crippen LogP contribution in [0.25, 0.3) is 21.0 Å². The normalized spacial score (nSPS) is 10.4. The number of nitrogens with one attached hydrogen (secondary N) is 3. The average Bonchev–Trinajstić information content (AvgIpc) is 3.18. The topological polar surface area (TPSA) is 96.3 Å². The third kappa shape index (κ3) is 2.77. The first-order valence-electron chi connectivity index (χ1n) is 6.41. The Labute approximate surface area is 129 Å². The Kier molecular flexibility index (Phi) is 3.75. The third-order valence-corrected chi connectivity index (χ3v) is 3.90. The molecule has 0 aliphatic rings. The van der Waals surface area contributed by atoms with Crippen LogP contribution >= 0.6 is 11.3 Å². The Morgan fingerprint density at radius 2 is 1.95 bits per heavy atom. The van der Waals surface area contributed by atoms with Crippen molar-refractivity contribution in [2.75, 3.05) is 7.05 Å². The molecule has 3 N–H and O–H groups in total. The van der Waals surface area contributed by atoms with E-state index >= 15 is 0 Å². The van der Waals surface area contributed by atoms with E-state index in [1.165, 1.54) is 24.5 Å². The number of hydrogen-bond acceptors (Lipinski definition) is 5. The van der Waals surface area contributed by atoms with Gasteiger partial charge in [-0.15, -0.1) is 11.3 Å². The summed E-state index contributed by atoms with van der Waals surface area (Å²) in [6.07, 6.45) is 0. The summed E-state index contributed by atoms with van der Waals surface area (Å²) in [6, 6.07) is 10.4. The largest absolute Gasteiger partial charge is 0.448 e. The molecule has 0 aliphatic heterocycles. The fourth-order valence-corrected chi connectivity index (χ4v) is 2.72. The molecule has 0 saturated heterocycles. The fourth-order valence-electron chi connectivity index (χ4n) is 1.79. The van der Waals surface area contributed by atoms with E-state index in [0.29, 0.717) is 10.8 Å². The molecular formula is C14H12N4O3S. The summed E-state index contributed by atoms with van der Waals surface area (Å²) < 4.78 is 6.53. The van der Waals surface area contributed by atoms with Crippen LogP contribution in [0.5, 0.6) is 0 Å². The van der Waals surface area contributed by atoms with Gasteiger partial charge in [0.1, 0.15) is 0 Å². The minimum Gasteiger partial charge on any atom is -0.448 e. The van der Waals surface area contributed by atoms with Gasteiger partial charge in [-0.05, 0) is 24.3 Å². The van der Waals surface area contributed by atoms with Crippen molar-refractivity contribution >= 4 is 33.5 Å². The van der Waals surface area contributed by atoms with Crippen LogP contribution in [0.2, 0.25) is 0 Å². The second kappa shape index (κ2) is 5.86. The molecule has 0 atom stereocenters. The number of nitrogens with zero attached hydrogens (tertiary/aromatic N) is 1. The zero-order valence-electron chi connectivity index (χ0n) is 11.5. The third-order valence-electron chi connectivity index (χ3n) is 2.85. The van der Waals surface area contributed by atoms with Crippen LogP contribution in [0.15, 0.2) is 40.8 Å². The van der Waals surface area contributed by atoms with Gasteiger partial charge in [-0.2, -0.15) is 0 Å². The van der Waals surface area contributed by atoms with Gasteiger partial charge in [0.2, 0.25) is 0 Å².